The van der Waals surface area contributed by atoms with E-state index in [9.17, 15) is 0 Å². The molecule has 5 heteroatoms. The predicted molar refractivity (Wildman–Crippen MR) is 89.2 cm³/mol. The van der Waals surface area contributed by atoms with Gasteiger partial charge in [0.25, 0.3) is 0 Å². The van der Waals surface area contributed by atoms with Gasteiger partial charge in [-0.15, -0.1) is 0 Å². The van der Waals surface area contributed by atoms with Gasteiger partial charge in [-0.3, -0.25) is 0 Å². The van der Waals surface area contributed by atoms with E-state index >= 15 is 0 Å². The number of methoxy groups -OCH3 is 1. The van der Waals surface area contributed by atoms with Gasteiger partial charge in [-0.2, -0.15) is 0 Å². The average molecular weight is 370 g/mol. The summed E-state index contributed by atoms with van der Waals surface area (Å²) in [6, 6.07) is 7.88. The third-order valence-electron chi connectivity index (χ3n) is 3.09. The van der Waals surface area contributed by atoms with Gasteiger partial charge < -0.3 is 4.74 Å². The number of halogens is 2. The van der Waals surface area contributed by atoms with E-state index in [1.807, 2.05) is 24.3 Å². The van der Waals surface area contributed by atoms with Crippen LogP contribution >= 0.6 is 27.5 Å². The van der Waals surface area contributed by atoms with Crippen molar-refractivity contribution >= 4 is 27.5 Å². The van der Waals surface area contributed by atoms with Gasteiger partial charge >= 0.3 is 0 Å². The zero-order valence-corrected chi connectivity index (χ0v) is 14.9. The number of nitrogens with zero attached hydrogens (tertiary/aromatic N) is 2. The molecular weight excluding hydrogens is 352 g/mol. The summed E-state index contributed by atoms with van der Waals surface area (Å²) < 4.78 is 5.93. The number of aromatic nitrogens is 2. The normalized spacial score (nSPS) is 11.5. The lowest BCUT2D eigenvalue weighted by atomic mass is 9.92. The van der Waals surface area contributed by atoms with Crippen LogP contribution in [0.5, 0.6) is 5.75 Å². The topological polar surface area (TPSA) is 35.0 Å². The third kappa shape index (κ3) is 3.95. The van der Waals surface area contributed by atoms with Crippen LogP contribution in [0.2, 0.25) is 5.15 Å². The van der Waals surface area contributed by atoms with Gasteiger partial charge in [0.2, 0.25) is 0 Å². The maximum atomic E-state index is 6.22. The lowest BCUT2D eigenvalue weighted by Crippen LogP contribution is -2.17. The van der Waals surface area contributed by atoms with Crippen LogP contribution in [0.4, 0.5) is 0 Å². The second-order valence-electron chi connectivity index (χ2n) is 5.87. The molecule has 2 aromatic rings. The SMILES string of the molecule is COc1ccc(Cc2nc(Cl)c(Br)c(C(C)(C)C)n2)cc1. The molecule has 3 nitrogen and oxygen atoms in total. The first-order chi connectivity index (χ1) is 9.81. The van der Waals surface area contributed by atoms with Crippen molar-refractivity contribution in [3.8, 4) is 5.75 Å². The summed E-state index contributed by atoms with van der Waals surface area (Å²) in [7, 11) is 1.65. The number of rotatable bonds is 3. The Morgan fingerprint density at radius 2 is 1.76 bits per heavy atom. The molecular formula is C16H18BrClN2O. The van der Waals surface area contributed by atoms with Gasteiger partial charge in [0.15, 0.2) is 0 Å². The van der Waals surface area contributed by atoms with Gasteiger partial charge in [-0.05, 0) is 33.6 Å². The highest BCUT2D eigenvalue weighted by atomic mass is 79.9. The van der Waals surface area contributed by atoms with Crippen LogP contribution in [0, 0.1) is 0 Å². The van der Waals surface area contributed by atoms with Crippen LogP contribution in [0.1, 0.15) is 37.9 Å². The molecule has 1 aromatic heterocycles. The lowest BCUT2D eigenvalue weighted by molar-refractivity contribution is 0.414. The summed E-state index contributed by atoms with van der Waals surface area (Å²) in [6.45, 7) is 6.31. The second kappa shape index (κ2) is 6.32. The quantitative estimate of drug-likeness (QED) is 0.730. The largest absolute Gasteiger partial charge is 0.497 e. The molecule has 1 heterocycles. The fourth-order valence-corrected chi connectivity index (χ4v) is 2.92. The van der Waals surface area contributed by atoms with Gasteiger partial charge in [0, 0.05) is 11.8 Å². The molecule has 0 saturated carbocycles. The third-order valence-corrected chi connectivity index (χ3v) is 4.34. The van der Waals surface area contributed by atoms with Crippen LogP contribution in [0.25, 0.3) is 0 Å². The van der Waals surface area contributed by atoms with Crippen molar-refractivity contribution in [2.75, 3.05) is 7.11 Å². The van der Waals surface area contributed by atoms with Gasteiger partial charge in [0.05, 0.1) is 17.3 Å². The molecule has 0 spiro atoms. The Bertz CT molecular complexity index is 636. The molecule has 21 heavy (non-hydrogen) atoms. The van der Waals surface area contributed by atoms with E-state index in [2.05, 4.69) is 46.7 Å². The maximum Gasteiger partial charge on any atom is 0.147 e. The fourth-order valence-electron chi connectivity index (χ4n) is 1.97. The summed E-state index contributed by atoms with van der Waals surface area (Å²) in [6.07, 6.45) is 0.639. The fraction of sp³-hybridized carbons (Fsp3) is 0.375. The highest BCUT2D eigenvalue weighted by molar-refractivity contribution is 9.10. The zero-order valence-electron chi connectivity index (χ0n) is 12.6. The van der Waals surface area contributed by atoms with E-state index in [4.69, 9.17) is 16.3 Å². The van der Waals surface area contributed by atoms with E-state index in [0.29, 0.717) is 11.6 Å². The molecule has 0 radical (unpaired) electrons. The van der Waals surface area contributed by atoms with E-state index in [0.717, 1.165) is 27.3 Å². The summed E-state index contributed by atoms with van der Waals surface area (Å²) in [5.41, 5.74) is 1.94. The maximum absolute atomic E-state index is 6.22. The molecule has 1 aromatic carbocycles. The monoisotopic (exact) mass is 368 g/mol. The minimum Gasteiger partial charge on any atom is -0.497 e. The standard InChI is InChI=1S/C16H18BrClN2O/c1-16(2,3)14-13(17)15(18)20-12(19-14)9-10-5-7-11(21-4)8-6-10/h5-8H,9H2,1-4H3. The summed E-state index contributed by atoms with van der Waals surface area (Å²) >= 11 is 9.70. The smallest absolute Gasteiger partial charge is 0.147 e. The average Bonchev–Trinajstić information content (AvgIpc) is 2.42. The van der Waals surface area contributed by atoms with Crippen LogP contribution in [-0.2, 0) is 11.8 Å². The van der Waals surface area contributed by atoms with Crippen LogP contribution in [0.3, 0.4) is 0 Å². The summed E-state index contributed by atoms with van der Waals surface area (Å²) in [4.78, 5) is 9.03. The molecule has 0 aliphatic carbocycles. The number of hydrogen-bond acceptors (Lipinski definition) is 3. The van der Waals surface area contributed by atoms with Gasteiger partial charge in [-0.1, -0.05) is 44.5 Å². The van der Waals surface area contributed by atoms with Crippen LogP contribution in [-0.4, -0.2) is 17.1 Å². The van der Waals surface area contributed by atoms with E-state index in [1.165, 1.54) is 0 Å². The van der Waals surface area contributed by atoms with E-state index in [1.54, 1.807) is 7.11 Å². The second-order valence-corrected chi connectivity index (χ2v) is 7.02. The van der Waals surface area contributed by atoms with Crippen molar-refractivity contribution < 1.29 is 4.74 Å². The van der Waals surface area contributed by atoms with Crippen molar-refractivity contribution in [2.45, 2.75) is 32.6 Å². The van der Waals surface area contributed by atoms with Crippen molar-refractivity contribution in [3.63, 3.8) is 0 Å². The Kier molecular flexibility index (Phi) is 4.89. The lowest BCUT2D eigenvalue weighted by Gasteiger charge is -2.20. The summed E-state index contributed by atoms with van der Waals surface area (Å²) in [5.74, 6) is 1.56. The molecule has 2 rings (SSSR count). The first kappa shape index (κ1) is 16.2. The van der Waals surface area contributed by atoms with E-state index < -0.39 is 0 Å². The highest BCUT2D eigenvalue weighted by Crippen LogP contribution is 2.32. The van der Waals surface area contributed by atoms with Crippen LogP contribution < -0.4 is 4.74 Å². The number of hydrogen-bond donors (Lipinski definition) is 0. The zero-order chi connectivity index (χ0) is 15.6. The Balaban J connectivity index is 2.33. The van der Waals surface area contributed by atoms with Crippen LogP contribution in [0.15, 0.2) is 28.7 Å². The molecule has 0 atom stereocenters. The molecule has 0 bridgehead atoms. The molecule has 0 fully saturated rings. The minimum atomic E-state index is -0.0972. The Morgan fingerprint density at radius 1 is 1.14 bits per heavy atom. The number of benzene rings is 1. The number of ether oxygens (including phenoxy) is 1. The molecule has 0 N–H and O–H groups in total. The van der Waals surface area contributed by atoms with Gasteiger partial charge in [0.1, 0.15) is 16.7 Å². The van der Waals surface area contributed by atoms with Crippen molar-refractivity contribution in [3.05, 3.63) is 51.0 Å². The first-order valence-corrected chi connectivity index (χ1v) is 7.83. The molecule has 112 valence electrons. The molecule has 0 saturated heterocycles. The van der Waals surface area contributed by atoms with Crippen molar-refractivity contribution in [1.29, 1.82) is 0 Å². The van der Waals surface area contributed by atoms with Crippen molar-refractivity contribution in [2.24, 2.45) is 0 Å². The highest BCUT2D eigenvalue weighted by Gasteiger charge is 2.22. The summed E-state index contributed by atoms with van der Waals surface area (Å²) in [5, 5.41) is 0.457. The minimum absolute atomic E-state index is 0.0972. The molecule has 0 amide bonds. The first-order valence-electron chi connectivity index (χ1n) is 6.66. The molecule has 0 unspecified atom stereocenters. The molecule has 0 aliphatic heterocycles. The predicted octanol–water partition coefficient (Wildman–Crippen LogP) is 4.79. The Hall–Kier alpha value is -1.13. The van der Waals surface area contributed by atoms with Crippen molar-refractivity contribution in [1.82, 2.24) is 9.97 Å². The van der Waals surface area contributed by atoms with E-state index in [-0.39, 0.29) is 5.41 Å². The Morgan fingerprint density at radius 3 is 2.29 bits per heavy atom. The van der Waals surface area contributed by atoms with Gasteiger partial charge in [-0.25, -0.2) is 9.97 Å². The molecule has 0 aliphatic rings. The Labute approximate surface area is 138 Å².